The smallest absolute Gasteiger partial charge is 0.267 e. The molecule has 1 aromatic carbocycles. The van der Waals surface area contributed by atoms with Crippen molar-refractivity contribution >= 4 is 51.7 Å². The number of ether oxygens (including phenoxy) is 1. The average molecular weight is 535 g/mol. The van der Waals surface area contributed by atoms with Crippen LogP contribution in [0.5, 0.6) is 5.75 Å². The number of carbonyl (C=O) groups excluding carboxylic acids is 1. The fourth-order valence-electron chi connectivity index (χ4n) is 5.00. The van der Waals surface area contributed by atoms with Crippen molar-refractivity contribution < 1.29 is 9.53 Å². The van der Waals surface area contributed by atoms with Gasteiger partial charge in [0, 0.05) is 25.3 Å². The minimum Gasteiger partial charge on any atom is -0.497 e. The lowest BCUT2D eigenvalue weighted by Crippen LogP contribution is -2.41. The molecule has 2 fully saturated rings. The van der Waals surface area contributed by atoms with Gasteiger partial charge >= 0.3 is 0 Å². The Balaban J connectivity index is 1.48. The standard InChI is InChI=1S/C28H30N4O3S2/c1-3-20-8-4-6-15-30(20)25-22(26(33)31-16-7-5-9-24(31)29-25)18-23-27(34)32(28(36)37-23)17-14-19-10-12-21(35-2)13-11-19/h5,7,9-13,16,18,20H,3-4,6,8,14-15,17H2,1-2H3. The average Bonchev–Trinajstić information content (AvgIpc) is 3.20. The van der Waals surface area contributed by atoms with Crippen LogP contribution in [0.2, 0.25) is 0 Å². The van der Waals surface area contributed by atoms with E-state index in [1.54, 1.807) is 28.7 Å². The monoisotopic (exact) mass is 534 g/mol. The summed E-state index contributed by atoms with van der Waals surface area (Å²) in [6.07, 6.45) is 8.36. The number of rotatable bonds is 7. The van der Waals surface area contributed by atoms with Gasteiger partial charge in [0.2, 0.25) is 0 Å². The molecule has 1 amide bonds. The number of piperidine rings is 1. The van der Waals surface area contributed by atoms with E-state index < -0.39 is 0 Å². The lowest BCUT2D eigenvalue weighted by Gasteiger charge is -2.37. The number of thiocarbonyl (C=S) groups is 1. The van der Waals surface area contributed by atoms with Crippen LogP contribution in [0.4, 0.5) is 5.82 Å². The van der Waals surface area contributed by atoms with Gasteiger partial charge in [-0.2, -0.15) is 0 Å². The van der Waals surface area contributed by atoms with Gasteiger partial charge < -0.3 is 9.64 Å². The van der Waals surface area contributed by atoms with E-state index in [9.17, 15) is 9.59 Å². The van der Waals surface area contributed by atoms with E-state index >= 15 is 0 Å². The number of hydrogen-bond donors (Lipinski definition) is 0. The molecule has 192 valence electrons. The first-order valence-corrected chi connectivity index (χ1v) is 13.9. The van der Waals surface area contributed by atoms with Crippen LogP contribution >= 0.6 is 24.0 Å². The Morgan fingerprint density at radius 1 is 1.16 bits per heavy atom. The molecule has 2 saturated heterocycles. The molecule has 37 heavy (non-hydrogen) atoms. The van der Waals surface area contributed by atoms with Gasteiger partial charge in [-0.1, -0.05) is 49.1 Å². The molecule has 5 rings (SSSR count). The number of carbonyl (C=O) groups is 1. The highest BCUT2D eigenvalue weighted by Gasteiger charge is 2.33. The highest BCUT2D eigenvalue weighted by Crippen LogP contribution is 2.35. The molecule has 3 aromatic rings. The maximum absolute atomic E-state index is 13.7. The Hall–Kier alpha value is -3.17. The molecule has 1 atom stereocenters. The molecule has 7 nitrogen and oxygen atoms in total. The zero-order valence-corrected chi connectivity index (χ0v) is 22.7. The van der Waals surface area contributed by atoms with Crippen LogP contribution in [0.1, 0.15) is 43.7 Å². The summed E-state index contributed by atoms with van der Waals surface area (Å²) in [4.78, 5) is 36.4. The van der Waals surface area contributed by atoms with Gasteiger partial charge in [-0.25, -0.2) is 4.98 Å². The second kappa shape index (κ2) is 11.1. The molecular formula is C28H30N4O3S2. The highest BCUT2D eigenvalue weighted by atomic mass is 32.2. The van der Waals surface area contributed by atoms with Crippen molar-refractivity contribution in [1.29, 1.82) is 0 Å². The summed E-state index contributed by atoms with van der Waals surface area (Å²) >= 11 is 6.82. The summed E-state index contributed by atoms with van der Waals surface area (Å²) in [5.74, 6) is 1.28. The maximum Gasteiger partial charge on any atom is 0.267 e. The minimum absolute atomic E-state index is 0.169. The number of thioether (sulfide) groups is 1. The second-order valence-corrected chi connectivity index (χ2v) is 10.9. The van der Waals surface area contributed by atoms with Crippen LogP contribution in [0.25, 0.3) is 11.7 Å². The quantitative estimate of drug-likeness (QED) is 0.315. The molecule has 2 aromatic heterocycles. The lowest BCUT2D eigenvalue weighted by atomic mass is 9.99. The topological polar surface area (TPSA) is 67.2 Å². The first kappa shape index (κ1) is 25.5. The fourth-order valence-corrected chi connectivity index (χ4v) is 6.29. The number of nitrogens with zero attached hydrogens (tertiary/aromatic N) is 4. The van der Waals surface area contributed by atoms with Crippen LogP contribution in [0.3, 0.4) is 0 Å². The Morgan fingerprint density at radius 2 is 1.97 bits per heavy atom. The van der Waals surface area contributed by atoms with Crippen molar-refractivity contribution in [2.45, 2.75) is 45.1 Å². The predicted molar refractivity (Wildman–Crippen MR) is 153 cm³/mol. The second-order valence-electron chi connectivity index (χ2n) is 9.27. The van der Waals surface area contributed by atoms with Crippen molar-refractivity contribution in [2.24, 2.45) is 0 Å². The van der Waals surface area contributed by atoms with E-state index in [4.69, 9.17) is 21.9 Å². The van der Waals surface area contributed by atoms with Gasteiger partial charge in [0.15, 0.2) is 0 Å². The van der Waals surface area contributed by atoms with Gasteiger partial charge in [0.1, 0.15) is 21.5 Å². The molecule has 0 spiro atoms. The van der Waals surface area contributed by atoms with Crippen molar-refractivity contribution in [3.63, 3.8) is 0 Å². The molecule has 0 bridgehead atoms. The number of benzene rings is 1. The summed E-state index contributed by atoms with van der Waals surface area (Å²) in [7, 11) is 1.64. The van der Waals surface area contributed by atoms with E-state index in [2.05, 4.69) is 11.8 Å². The Bertz CT molecular complexity index is 1420. The molecular weight excluding hydrogens is 504 g/mol. The zero-order valence-electron chi connectivity index (χ0n) is 21.1. The van der Waals surface area contributed by atoms with Crippen molar-refractivity contribution in [1.82, 2.24) is 14.3 Å². The van der Waals surface area contributed by atoms with Crippen LogP contribution < -0.4 is 15.2 Å². The minimum atomic E-state index is -0.176. The third kappa shape index (κ3) is 5.15. The predicted octanol–water partition coefficient (Wildman–Crippen LogP) is 4.92. The molecule has 9 heteroatoms. The number of fused-ring (bicyclic) bond motifs is 1. The Labute approximate surface area is 226 Å². The number of hydrogen-bond acceptors (Lipinski definition) is 7. The Morgan fingerprint density at radius 3 is 2.73 bits per heavy atom. The first-order valence-electron chi connectivity index (χ1n) is 12.7. The summed E-state index contributed by atoms with van der Waals surface area (Å²) < 4.78 is 7.27. The number of methoxy groups -OCH3 is 1. The van der Waals surface area contributed by atoms with Crippen molar-refractivity contribution in [3.05, 3.63) is 75.0 Å². The van der Waals surface area contributed by atoms with Gasteiger partial charge in [-0.15, -0.1) is 0 Å². The van der Waals surface area contributed by atoms with Gasteiger partial charge in [-0.3, -0.25) is 18.9 Å². The van der Waals surface area contributed by atoms with E-state index in [0.29, 0.717) is 45.3 Å². The number of anilines is 1. The third-order valence-corrected chi connectivity index (χ3v) is 8.43. The van der Waals surface area contributed by atoms with Gasteiger partial charge in [0.25, 0.3) is 11.5 Å². The number of pyridine rings is 1. The molecule has 4 heterocycles. The fraction of sp³-hybridized carbons (Fsp3) is 0.357. The SMILES string of the molecule is CCC1CCCCN1c1nc2ccccn2c(=O)c1C=C1SC(=S)N(CCc2ccc(OC)cc2)C1=O. The summed E-state index contributed by atoms with van der Waals surface area (Å²) in [5, 5.41) is 0. The highest BCUT2D eigenvalue weighted by molar-refractivity contribution is 8.26. The van der Waals surface area contributed by atoms with Crippen molar-refractivity contribution in [2.75, 3.05) is 25.1 Å². The molecule has 2 aliphatic heterocycles. The normalized spacial score (nSPS) is 19.3. The van der Waals surface area contributed by atoms with Crippen LogP contribution in [0.15, 0.2) is 58.4 Å². The van der Waals surface area contributed by atoms with Gasteiger partial charge in [0.05, 0.1) is 17.6 Å². The summed E-state index contributed by atoms with van der Waals surface area (Å²) in [6.45, 7) is 3.49. The largest absolute Gasteiger partial charge is 0.497 e. The van der Waals surface area contributed by atoms with Crippen LogP contribution in [-0.2, 0) is 11.2 Å². The van der Waals surface area contributed by atoms with E-state index in [0.717, 1.165) is 37.1 Å². The zero-order chi connectivity index (χ0) is 25.9. The molecule has 0 N–H and O–H groups in total. The number of amides is 1. The van der Waals surface area contributed by atoms with E-state index in [1.807, 2.05) is 42.5 Å². The summed E-state index contributed by atoms with van der Waals surface area (Å²) in [6, 6.07) is 13.7. The molecule has 1 unspecified atom stereocenters. The van der Waals surface area contributed by atoms with Gasteiger partial charge in [-0.05, 0) is 68.0 Å². The molecule has 0 radical (unpaired) electrons. The molecule has 0 saturated carbocycles. The third-order valence-electron chi connectivity index (χ3n) is 7.05. The Kier molecular flexibility index (Phi) is 7.62. The molecule has 2 aliphatic rings. The first-order chi connectivity index (χ1) is 18.0. The maximum atomic E-state index is 13.7. The number of aromatic nitrogens is 2. The van der Waals surface area contributed by atoms with Crippen LogP contribution in [0, 0.1) is 0 Å². The molecule has 0 aliphatic carbocycles. The lowest BCUT2D eigenvalue weighted by molar-refractivity contribution is -0.122. The van der Waals surface area contributed by atoms with Crippen molar-refractivity contribution in [3.8, 4) is 5.75 Å². The van der Waals surface area contributed by atoms with Crippen LogP contribution in [-0.4, -0.2) is 50.8 Å². The van der Waals surface area contributed by atoms with E-state index in [-0.39, 0.29) is 11.5 Å². The van der Waals surface area contributed by atoms with E-state index in [1.165, 1.54) is 18.2 Å². The summed E-state index contributed by atoms with van der Waals surface area (Å²) in [5.41, 5.74) is 1.96.